The summed E-state index contributed by atoms with van der Waals surface area (Å²) in [5.41, 5.74) is 7.34. The van der Waals surface area contributed by atoms with Crippen LogP contribution in [0.1, 0.15) is 52.1 Å². The van der Waals surface area contributed by atoms with Gasteiger partial charge in [-0.3, -0.25) is 9.88 Å². The largest absolute Gasteiger partial charge is 0.329 e. The van der Waals surface area contributed by atoms with Gasteiger partial charge >= 0.3 is 0 Å². The lowest BCUT2D eigenvalue weighted by molar-refractivity contribution is 0.181. The zero-order valence-corrected chi connectivity index (χ0v) is 13.5. The van der Waals surface area contributed by atoms with E-state index >= 15 is 0 Å². The lowest BCUT2D eigenvalue weighted by Crippen LogP contribution is -2.36. The van der Waals surface area contributed by atoms with Crippen LogP contribution in [0, 0.1) is 11.8 Å². The minimum Gasteiger partial charge on any atom is -0.329 e. The molecule has 1 heterocycles. The van der Waals surface area contributed by atoms with Crippen LogP contribution in [-0.4, -0.2) is 29.5 Å². The molecule has 1 aromatic heterocycles. The van der Waals surface area contributed by atoms with Gasteiger partial charge < -0.3 is 5.73 Å². The fraction of sp³-hybridized carbons (Fsp3) is 0.706. The van der Waals surface area contributed by atoms with Gasteiger partial charge in [-0.25, -0.2) is 0 Å². The third-order valence-electron chi connectivity index (χ3n) is 3.74. The van der Waals surface area contributed by atoms with E-state index in [0.29, 0.717) is 12.6 Å². The fourth-order valence-corrected chi connectivity index (χ4v) is 2.35. The van der Waals surface area contributed by atoms with E-state index in [-0.39, 0.29) is 0 Å². The third-order valence-corrected chi connectivity index (χ3v) is 3.74. The minimum atomic E-state index is 0.315. The Morgan fingerprint density at radius 1 is 1.00 bits per heavy atom. The molecular formula is C17H31N3. The third kappa shape index (κ3) is 6.02. The molecule has 0 aliphatic carbocycles. The highest BCUT2D eigenvalue weighted by Gasteiger charge is 2.19. The SMILES string of the molecule is CC(C)CCN(CCC(C)C)C(CN)c1ccncc1. The molecule has 1 aromatic rings. The van der Waals surface area contributed by atoms with E-state index in [1.807, 2.05) is 12.4 Å². The van der Waals surface area contributed by atoms with Crippen molar-refractivity contribution >= 4 is 0 Å². The number of pyridine rings is 1. The molecule has 114 valence electrons. The van der Waals surface area contributed by atoms with Crippen molar-refractivity contribution in [1.82, 2.24) is 9.88 Å². The van der Waals surface area contributed by atoms with Gasteiger partial charge in [0.15, 0.2) is 0 Å². The number of hydrogen-bond acceptors (Lipinski definition) is 3. The Balaban J connectivity index is 2.76. The summed E-state index contributed by atoms with van der Waals surface area (Å²) in [5, 5.41) is 0. The van der Waals surface area contributed by atoms with E-state index in [1.165, 1.54) is 18.4 Å². The van der Waals surface area contributed by atoms with Gasteiger partial charge in [-0.15, -0.1) is 0 Å². The second kappa shape index (κ2) is 9.09. The first-order chi connectivity index (χ1) is 9.54. The highest BCUT2D eigenvalue weighted by Crippen LogP contribution is 2.21. The van der Waals surface area contributed by atoms with Crippen LogP contribution in [0.15, 0.2) is 24.5 Å². The van der Waals surface area contributed by atoms with E-state index in [2.05, 4.69) is 49.7 Å². The quantitative estimate of drug-likeness (QED) is 0.751. The predicted octanol–water partition coefficient (Wildman–Crippen LogP) is 3.48. The van der Waals surface area contributed by atoms with E-state index in [0.717, 1.165) is 24.9 Å². The van der Waals surface area contributed by atoms with Crippen LogP contribution in [0.3, 0.4) is 0 Å². The van der Waals surface area contributed by atoms with E-state index in [9.17, 15) is 0 Å². The van der Waals surface area contributed by atoms with E-state index in [4.69, 9.17) is 5.73 Å². The topological polar surface area (TPSA) is 42.1 Å². The Hall–Kier alpha value is -0.930. The molecule has 2 N–H and O–H groups in total. The second-order valence-electron chi connectivity index (χ2n) is 6.43. The lowest BCUT2D eigenvalue weighted by Gasteiger charge is -2.32. The summed E-state index contributed by atoms with van der Waals surface area (Å²) < 4.78 is 0. The standard InChI is InChI=1S/C17H31N3/c1-14(2)7-11-20(12-8-15(3)4)17(13-18)16-5-9-19-10-6-16/h5-6,9-10,14-15,17H,7-8,11-13,18H2,1-4H3. The van der Waals surface area contributed by atoms with Crippen molar-refractivity contribution in [3.63, 3.8) is 0 Å². The van der Waals surface area contributed by atoms with Crippen molar-refractivity contribution in [3.05, 3.63) is 30.1 Å². The Morgan fingerprint density at radius 3 is 1.90 bits per heavy atom. The zero-order valence-electron chi connectivity index (χ0n) is 13.5. The summed E-state index contributed by atoms with van der Waals surface area (Å²) in [6.45, 7) is 12.0. The monoisotopic (exact) mass is 277 g/mol. The molecule has 0 aliphatic heterocycles. The van der Waals surface area contributed by atoms with Crippen molar-refractivity contribution in [2.24, 2.45) is 17.6 Å². The molecule has 0 aliphatic rings. The minimum absolute atomic E-state index is 0.315. The Kier molecular flexibility index (Phi) is 7.78. The fourth-order valence-electron chi connectivity index (χ4n) is 2.35. The number of rotatable bonds is 9. The molecule has 0 amide bonds. The molecule has 3 nitrogen and oxygen atoms in total. The number of nitrogens with two attached hydrogens (primary N) is 1. The van der Waals surface area contributed by atoms with Crippen LogP contribution in [0.2, 0.25) is 0 Å². The van der Waals surface area contributed by atoms with Gasteiger partial charge in [0.05, 0.1) is 0 Å². The Bertz CT molecular complexity index is 337. The Labute approximate surface area is 124 Å². The van der Waals surface area contributed by atoms with Crippen molar-refractivity contribution in [3.8, 4) is 0 Å². The van der Waals surface area contributed by atoms with Gasteiger partial charge in [0.1, 0.15) is 0 Å². The molecule has 1 atom stereocenters. The summed E-state index contributed by atoms with van der Waals surface area (Å²) in [7, 11) is 0. The zero-order chi connectivity index (χ0) is 15.0. The number of nitrogens with zero attached hydrogens (tertiary/aromatic N) is 2. The molecular weight excluding hydrogens is 246 g/mol. The van der Waals surface area contributed by atoms with Gasteiger partial charge in [-0.1, -0.05) is 27.7 Å². The van der Waals surface area contributed by atoms with Gasteiger partial charge in [-0.2, -0.15) is 0 Å². The first-order valence-electron chi connectivity index (χ1n) is 7.88. The summed E-state index contributed by atoms with van der Waals surface area (Å²) in [4.78, 5) is 6.66. The van der Waals surface area contributed by atoms with E-state index in [1.54, 1.807) is 0 Å². The molecule has 0 spiro atoms. The summed E-state index contributed by atoms with van der Waals surface area (Å²) in [6.07, 6.45) is 6.17. The average Bonchev–Trinajstić information content (AvgIpc) is 2.42. The molecule has 0 saturated carbocycles. The highest BCUT2D eigenvalue weighted by atomic mass is 15.2. The Morgan fingerprint density at radius 2 is 1.50 bits per heavy atom. The molecule has 0 radical (unpaired) electrons. The van der Waals surface area contributed by atoms with Crippen LogP contribution in [0.25, 0.3) is 0 Å². The maximum Gasteiger partial charge on any atom is 0.0471 e. The predicted molar refractivity (Wildman–Crippen MR) is 86.5 cm³/mol. The second-order valence-corrected chi connectivity index (χ2v) is 6.43. The normalized spacial score (nSPS) is 13.4. The van der Waals surface area contributed by atoms with Crippen molar-refractivity contribution < 1.29 is 0 Å². The first-order valence-corrected chi connectivity index (χ1v) is 7.88. The summed E-state index contributed by atoms with van der Waals surface area (Å²) in [6, 6.07) is 4.50. The van der Waals surface area contributed by atoms with Crippen molar-refractivity contribution in [1.29, 1.82) is 0 Å². The molecule has 0 saturated heterocycles. The van der Waals surface area contributed by atoms with Crippen LogP contribution in [0.4, 0.5) is 0 Å². The molecule has 1 unspecified atom stereocenters. The highest BCUT2D eigenvalue weighted by molar-refractivity contribution is 5.15. The summed E-state index contributed by atoms with van der Waals surface area (Å²) in [5.74, 6) is 1.46. The van der Waals surface area contributed by atoms with Crippen LogP contribution in [-0.2, 0) is 0 Å². The average molecular weight is 277 g/mol. The smallest absolute Gasteiger partial charge is 0.0471 e. The van der Waals surface area contributed by atoms with Gasteiger partial charge in [0.2, 0.25) is 0 Å². The molecule has 0 aromatic carbocycles. The van der Waals surface area contributed by atoms with Crippen molar-refractivity contribution in [2.45, 2.75) is 46.6 Å². The van der Waals surface area contributed by atoms with Gasteiger partial charge in [-0.05, 0) is 55.5 Å². The van der Waals surface area contributed by atoms with Crippen LogP contribution >= 0.6 is 0 Å². The molecule has 0 bridgehead atoms. The van der Waals surface area contributed by atoms with Crippen LogP contribution in [0.5, 0.6) is 0 Å². The van der Waals surface area contributed by atoms with Gasteiger partial charge in [0, 0.05) is 25.0 Å². The van der Waals surface area contributed by atoms with E-state index < -0.39 is 0 Å². The molecule has 0 fully saturated rings. The molecule has 20 heavy (non-hydrogen) atoms. The maximum absolute atomic E-state index is 6.06. The summed E-state index contributed by atoms with van der Waals surface area (Å²) >= 11 is 0. The number of aromatic nitrogens is 1. The maximum atomic E-state index is 6.06. The van der Waals surface area contributed by atoms with Crippen LogP contribution < -0.4 is 5.73 Å². The van der Waals surface area contributed by atoms with Gasteiger partial charge in [0.25, 0.3) is 0 Å². The molecule has 1 rings (SSSR count). The first kappa shape index (κ1) is 17.1. The number of hydrogen-bond donors (Lipinski definition) is 1. The lowest BCUT2D eigenvalue weighted by atomic mass is 10.0. The van der Waals surface area contributed by atoms with Crippen molar-refractivity contribution in [2.75, 3.05) is 19.6 Å². The molecule has 3 heteroatoms.